The van der Waals surface area contributed by atoms with E-state index in [1.54, 1.807) is 30.3 Å². The van der Waals surface area contributed by atoms with Gasteiger partial charge in [0.15, 0.2) is 0 Å². The number of rotatable bonds is 8. The predicted molar refractivity (Wildman–Crippen MR) is 138 cm³/mol. The number of amides is 2. The summed E-state index contributed by atoms with van der Waals surface area (Å²) in [7, 11) is 0. The van der Waals surface area contributed by atoms with Crippen LogP contribution in [0.5, 0.6) is 0 Å². The molecule has 0 aliphatic carbocycles. The minimum atomic E-state index is -0.534. The first-order valence-corrected chi connectivity index (χ1v) is 11.5. The average Bonchev–Trinajstić information content (AvgIpc) is 3.34. The number of hydrogen-bond acceptors (Lipinski definition) is 4. The smallest absolute Gasteiger partial charge is 0.259 e. The summed E-state index contributed by atoms with van der Waals surface area (Å²) in [4.78, 5) is 25.2. The van der Waals surface area contributed by atoms with Crippen LogP contribution < -0.4 is 10.7 Å². The Balaban J connectivity index is 1.34. The third-order valence-electron chi connectivity index (χ3n) is 5.15. The number of carbonyl (C=O) groups is 2. The normalized spacial score (nSPS) is 11.1. The standard InChI is InChI=1S/C27H21Cl2N3O3/c28-20-11-13-23(29)22(15-20)24-14-12-21(35-24)16-31-32-25(33)17-30-27(34)26(18-7-3-1-4-8-18)19-9-5-2-6-10-19/h1-16,26H,17H2,(H,30,34)(H,32,33)/b31-16+. The van der Waals surface area contributed by atoms with Gasteiger partial charge in [-0.25, -0.2) is 5.43 Å². The molecule has 1 heterocycles. The Hall–Kier alpha value is -3.87. The zero-order valence-electron chi connectivity index (χ0n) is 18.4. The average molecular weight is 506 g/mol. The fourth-order valence-electron chi connectivity index (χ4n) is 3.52. The number of hydrogen-bond donors (Lipinski definition) is 2. The molecule has 4 aromatic rings. The minimum absolute atomic E-state index is 0.228. The summed E-state index contributed by atoms with van der Waals surface area (Å²) in [6.07, 6.45) is 1.36. The van der Waals surface area contributed by atoms with E-state index >= 15 is 0 Å². The van der Waals surface area contributed by atoms with Crippen molar-refractivity contribution in [2.24, 2.45) is 5.10 Å². The molecule has 2 N–H and O–H groups in total. The van der Waals surface area contributed by atoms with Crippen molar-refractivity contribution >= 4 is 41.2 Å². The molecule has 0 spiro atoms. The fourth-order valence-corrected chi connectivity index (χ4v) is 3.90. The van der Waals surface area contributed by atoms with E-state index in [1.165, 1.54) is 6.21 Å². The number of benzene rings is 3. The number of hydrazone groups is 1. The summed E-state index contributed by atoms with van der Waals surface area (Å²) >= 11 is 12.2. The van der Waals surface area contributed by atoms with Gasteiger partial charge in [0.05, 0.1) is 23.7 Å². The fraction of sp³-hybridized carbons (Fsp3) is 0.0741. The van der Waals surface area contributed by atoms with E-state index in [2.05, 4.69) is 15.8 Å². The number of halogens is 2. The van der Waals surface area contributed by atoms with Crippen molar-refractivity contribution in [3.05, 3.63) is 118 Å². The first-order chi connectivity index (χ1) is 17.0. The summed E-state index contributed by atoms with van der Waals surface area (Å²) in [5.41, 5.74) is 4.71. The van der Waals surface area contributed by atoms with Gasteiger partial charge in [-0.3, -0.25) is 9.59 Å². The van der Waals surface area contributed by atoms with Crippen LogP contribution in [0, 0.1) is 0 Å². The Labute approximate surface area is 212 Å². The molecule has 0 aliphatic rings. The van der Waals surface area contributed by atoms with E-state index < -0.39 is 11.8 Å². The molecule has 35 heavy (non-hydrogen) atoms. The molecule has 1 aromatic heterocycles. The molecule has 0 unspecified atom stereocenters. The molecule has 176 valence electrons. The molecule has 2 amide bonds. The molecule has 6 nitrogen and oxygen atoms in total. The number of carbonyl (C=O) groups excluding carboxylic acids is 2. The van der Waals surface area contributed by atoms with Gasteiger partial charge in [0, 0.05) is 10.6 Å². The summed E-state index contributed by atoms with van der Waals surface area (Å²) in [6, 6.07) is 27.3. The highest BCUT2D eigenvalue weighted by Gasteiger charge is 2.22. The molecule has 8 heteroatoms. The van der Waals surface area contributed by atoms with Crippen molar-refractivity contribution in [1.29, 1.82) is 0 Å². The van der Waals surface area contributed by atoms with Gasteiger partial charge >= 0.3 is 0 Å². The second-order valence-corrected chi connectivity index (χ2v) is 8.44. The summed E-state index contributed by atoms with van der Waals surface area (Å²) in [5, 5.41) is 7.62. The van der Waals surface area contributed by atoms with Crippen LogP contribution >= 0.6 is 23.2 Å². The zero-order chi connectivity index (χ0) is 24.6. The van der Waals surface area contributed by atoms with Crippen molar-refractivity contribution in [2.75, 3.05) is 6.54 Å². The van der Waals surface area contributed by atoms with Gasteiger partial charge in [-0.1, -0.05) is 83.9 Å². The highest BCUT2D eigenvalue weighted by molar-refractivity contribution is 6.35. The Morgan fingerprint density at radius 2 is 1.54 bits per heavy atom. The molecule has 0 saturated carbocycles. The zero-order valence-corrected chi connectivity index (χ0v) is 20.0. The van der Waals surface area contributed by atoms with Crippen molar-refractivity contribution in [1.82, 2.24) is 10.7 Å². The Kier molecular flexibility index (Phi) is 7.98. The maximum absolute atomic E-state index is 13.0. The van der Waals surface area contributed by atoms with Gasteiger partial charge < -0.3 is 9.73 Å². The molecule has 0 atom stereocenters. The summed E-state index contributed by atoms with van der Waals surface area (Å²) in [5.74, 6) is -0.359. The van der Waals surface area contributed by atoms with E-state index in [1.807, 2.05) is 60.7 Å². The second-order valence-electron chi connectivity index (χ2n) is 7.59. The van der Waals surface area contributed by atoms with Gasteiger partial charge in [0.1, 0.15) is 11.5 Å². The molecule has 3 aromatic carbocycles. The first kappa shape index (κ1) is 24.3. The lowest BCUT2D eigenvalue weighted by molar-refractivity contribution is -0.126. The highest BCUT2D eigenvalue weighted by atomic mass is 35.5. The number of nitrogens with zero attached hydrogens (tertiary/aromatic N) is 1. The van der Waals surface area contributed by atoms with Crippen LogP contribution in [0.1, 0.15) is 22.8 Å². The van der Waals surface area contributed by atoms with E-state index in [0.717, 1.165) is 11.1 Å². The van der Waals surface area contributed by atoms with Crippen LogP contribution in [-0.4, -0.2) is 24.6 Å². The van der Waals surface area contributed by atoms with Crippen LogP contribution in [0.25, 0.3) is 11.3 Å². The third kappa shape index (κ3) is 6.38. The molecule has 0 bridgehead atoms. The second kappa shape index (κ2) is 11.5. The van der Waals surface area contributed by atoms with E-state index in [4.69, 9.17) is 27.6 Å². The largest absolute Gasteiger partial charge is 0.455 e. The topological polar surface area (TPSA) is 83.7 Å². The summed E-state index contributed by atoms with van der Waals surface area (Å²) < 4.78 is 5.70. The van der Waals surface area contributed by atoms with Crippen LogP contribution in [0.2, 0.25) is 10.0 Å². The van der Waals surface area contributed by atoms with Crippen molar-refractivity contribution in [3.8, 4) is 11.3 Å². The molecular formula is C27H21Cl2N3O3. The van der Waals surface area contributed by atoms with Gasteiger partial charge in [0.25, 0.3) is 5.91 Å². The lowest BCUT2D eigenvalue weighted by Gasteiger charge is -2.17. The Bertz CT molecular complexity index is 1300. The van der Waals surface area contributed by atoms with E-state index in [-0.39, 0.29) is 12.5 Å². The minimum Gasteiger partial charge on any atom is -0.455 e. The Morgan fingerprint density at radius 1 is 0.886 bits per heavy atom. The van der Waals surface area contributed by atoms with Gasteiger partial charge in [0.2, 0.25) is 5.91 Å². The molecule has 0 radical (unpaired) electrons. The van der Waals surface area contributed by atoms with Crippen LogP contribution in [0.4, 0.5) is 0 Å². The van der Waals surface area contributed by atoms with Gasteiger partial charge in [-0.2, -0.15) is 5.10 Å². The summed E-state index contributed by atoms with van der Waals surface area (Å²) in [6.45, 7) is -0.228. The van der Waals surface area contributed by atoms with Crippen molar-refractivity contribution < 1.29 is 14.0 Å². The lowest BCUT2D eigenvalue weighted by Crippen LogP contribution is -2.37. The first-order valence-electron chi connectivity index (χ1n) is 10.8. The van der Waals surface area contributed by atoms with Crippen LogP contribution in [-0.2, 0) is 9.59 Å². The molecule has 0 saturated heterocycles. The van der Waals surface area contributed by atoms with E-state index in [9.17, 15) is 9.59 Å². The molecule has 4 rings (SSSR count). The van der Waals surface area contributed by atoms with Crippen LogP contribution in [0.15, 0.2) is 101 Å². The lowest BCUT2D eigenvalue weighted by atomic mass is 9.90. The van der Waals surface area contributed by atoms with Crippen molar-refractivity contribution in [3.63, 3.8) is 0 Å². The molecule has 0 fully saturated rings. The third-order valence-corrected chi connectivity index (χ3v) is 5.72. The molecule has 0 aliphatic heterocycles. The van der Waals surface area contributed by atoms with E-state index in [0.29, 0.717) is 27.1 Å². The molecular weight excluding hydrogens is 485 g/mol. The van der Waals surface area contributed by atoms with Gasteiger partial charge in [-0.05, 0) is 41.5 Å². The number of nitrogens with one attached hydrogen (secondary N) is 2. The highest BCUT2D eigenvalue weighted by Crippen LogP contribution is 2.31. The quantitative estimate of drug-likeness (QED) is 0.239. The number of furan rings is 1. The SMILES string of the molecule is O=C(CNC(=O)C(c1ccccc1)c1ccccc1)N/N=C/c1ccc(-c2cc(Cl)ccc2Cl)o1. The Morgan fingerprint density at radius 3 is 2.20 bits per heavy atom. The van der Waals surface area contributed by atoms with Crippen molar-refractivity contribution in [2.45, 2.75) is 5.92 Å². The van der Waals surface area contributed by atoms with Crippen LogP contribution in [0.3, 0.4) is 0 Å². The monoisotopic (exact) mass is 505 g/mol. The van der Waals surface area contributed by atoms with Gasteiger partial charge in [-0.15, -0.1) is 0 Å². The predicted octanol–water partition coefficient (Wildman–Crippen LogP) is 5.65. The maximum Gasteiger partial charge on any atom is 0.259 e. The maximum atomic E-state index is 13.0.